The molecule has 31 heavy (non-hydrogen) atoms. The first-order valence-electron chi connectivity index (χ1n) is 10.6. The highest BCUT2D eigenvalue weighted by molar-refractivity contribution is 5.64. The standard InChI is InChI=1S/C24H25FN6/c1-15-10-16(2)31(28-15)23-12-21(26-14-27-23)11-22-17(3)24(19-6-8-20(25)9-7-19)30(29-22)13-18-4-5-18/h6-10,12,14,18H,4-5,11,13H2,1-3H3. The summed E-state index contributed by atoms with van der Waals surface area (Å²) >= 11 is 0. The summed E-state index contributed by atoms with van der Waals surface area (Å²) in [6.45, 7) is 6.97. The van der Waals surface area contributed by atoms with Gasteiger partial charge in [-0.3, -0.25) is 4.68 Å². The number of nitrogens with zero attached hydrogens (tertiary/aromatic N) is 6. The molecule has 0 spiro atoms. The second-order valence-electron chi connectivity index (χ2n) is 8.44. The van der Waals surface area contributed by atoms with Gasteiger partial charge in [0.1, 0.15) is 12.1 Å². The Kier molecular flexibility index (Phi) is 4.88. The van der Waals surface area contributed by atoms with Gasteiger partial charge in [0, 0.05) is 30.3 Å². The lowest BCUT2D eigenvalue weighted by atomic mass is 10.0. The van der Waals surface area contributed by atoms with Crippen LogP contribution in [0.4, 0.5) is 4.39 Å². The molecule has 0 bridgehead atoms. The third-order valence-electron chi connectivity index (χ3n) is 5.82. The SMILES string of the molecule is Cc1cc(C)n(-c2cc(Cc3nn(CC4CC4)c(-c4ccc(F)cc4)c3C)ncn2)n1. The zero-order chi connectivity index (χ0) is 21.5. The van der Waals surface area contributed by atoms with Crippen molar-refractivity contribution in [2.45, 2.75) is 46.6 Å². The molecule has 6 nitrogen and oxygen atoms in total. The van der Waals surface area contributed by atoms with E-state index in [0.29, 0.717) is 12.3 Å². The number of aromatic nitrogens is 6. The zero-order valence-corrected chi connectivity index (χ0v) is 18.0. The molecule has 1 aromatic carbocycles. The molecule has 0 aliphatic heterocycles. The summed E-state index contributed by atoms with van der Waals surface area (Å²) in [5, 5.41) is 9.47. The Bertz CT molecular complexity index is 1230. The Balaban J connectivity index is 1.50. The lowest BCUT2D eigenvalue weighted by Gasteiger charge is -2.08. The molecule has 3 heterocycles. The number of benzene rings is 1. The van der Waals surface area contributed by atoms with Gasteiger partial charge in [0.25, 0.3) is 0 Å². The molecular weight excluding hydrogens is 391 g/mol. The van der Waals surface area contributed by atoms with Crippen LogP contribution in [0.2, 0.25) is 0 Å². The molecule has 7 heteroatoms. The Labute approximate surface area is 180 Å². The minimum Gasteiger partial charge on any atom is -0.264 e. The van der Waals surface area contributed by atoms with Crippen LogP contribution < -0.4 is 0 Å². The summed E-state index contributed by atoms with van der Waals surface area (Å²) in [5.41, 5.74) is 7.03. The maximum atomic E-state index is 13.5. The van der Waals surface area contributed by atoms with Crippen LogP contribution in [-0.2, 0) is 13.0 Å². The van der Waals surface area contributed by atoms with Crippen LogP contribution in [0.3, 0.4) is 0 Å². The van der Waals surface area contributed by atoms with E-state index in [2.05, 4.69) is 26.7 Å². The van der Waals surface area contributed by atoms with E-state index in [1.165, 1.54) is 25.0 Å². The first-order valence-corrected chi connectivity index (χ1v) is 10.6. The van der Waals surface area contributed by atoms with Gasteiger partial charge in [0.15, 0.2) is 5.82 Å². The van der Waals surface area contributed by atoms with Crippen molar-refractivity contribution in [3.05, 3.63) is 76.9 Å². The molecule has 0 saturated heterocycles. The highest BCUT2D eigenvalue weighted by atomic mass is 19.1. The number of aryl methyl sites for hydroxylation is 2. The van der Waals surface area contributed by atoms with Gasteiger partial charge in [-0.1, -0.05) is 0 Å². The average Bonchev–Trinajstić information content (AvgIpc) is 3.43. The highest BCUT2D eigenvalue weighted by Crippen LogP contribution is 2.34. The van der Waals surface area contributed by atoms with Crippen molar-refractivity contribution in [1.29, 1.82) is 0 Å². The molecule has 0 unspecified atom stereocenters. The maximum Gasteiger partial charge on any atom is 0.157 e. The monoisotopic (exact) mass is 416 g/mol. The predicted molar refractivity (Wildman–Crippen MR) is 117 cm³/mol. The summed E-state index contributed by atoms with van der Waals surface area (Å²) in [5.74, 6) is 1.21. The predicted octanol–water partition coefficient (Wildman–Crippen LogP) is 4.59. The molecule has 158 valence electrons. The van der Waals surface area contributed by atoms with Crippen LogP contribution in [0.1, 0.15) is 41.2 Å². The van der Waals surface area contributed by atoms with Crippen LogP contribution in [0.5, 0.6) is 0 Å². The molecule has 3 aromatic heterocycles. The molecule has 1 fully saturated rings. The number of hydrogen-bond acceptors (Lipinski definition) is 4. The van der Waals surface area contributed by atoms with E-state index in [4.69, 9.17) is 5.10 Å². The summed E-state index contributed by atoms with van der Waals surface area (Å²) < 4.78 is 17.4. The normalized spacial score (nSPS) is 13.7. The fourth-order valence-electron chi connectivity index (χ4n) is 4.05. The van der Waals surface area contributed by atoms with E-state index >= 15 is 0 Å². The molecule has 0 N–H and O–H groups in total. The lowest BCUT2D eigenvalue weighted by Crippen LogP contribution is -2.06. The fraction of sp³-hybridized carbons (Fsp3) is 0.333. The van der Waals surface area contributed by atoms with Crippen LogP contribution in [-0.4, -0.2) is 29.5 Å². The number of hydrogen-bond donors (Lipinski definition) is 0. The highest BCUT2D eigenvalue weighted by Gasteiger charge is 2.25. The Morgan fingerprint density at radius 1 is 1.00 bits per heavy atom. The lowest BCUT2D eigenvalue weighted by molar-refractivity contribution is 0.563. The second-order valence-corrected chi connectivity index (χ2v) is 8.44. The first-order chi connectivity index (χ1) is 15.0. The van der Waals surface area contributed by atoms with Crippen molar-refractivity contribution in [3.8, 4) is 17.1 Å². The molecule has 1 aliphatic rings. The van der Waals surface area contributed by atoms with Crippen molar-refractivity contribution < 1.29 is 4.39 Å². The molecular formula is C24H25FN6. The zero-order valence-electron chi connectivity index (χ0n) is 18.0. The summed E-state index contributed by atoms with van der Waals surface area (Å²) in [6, 6.07) is 10.7. The molecule has 0 radical (unpaired) electrons. The summed E-state index contributed by atoms with van der Waals surface area (Å²) in [6.07, 6.45) is 4.68. The van der Waals surface area contributed by atoms with E-state index < -0.39 is 0 Å². The minimum absolute atomic E-state index is 0.229. The van der Waals surface area contributed by atoms with Gasteiger partial charge in [-0.2, -0.15) is 10.2 Å². The smallest absolute Gasteiger partial charge is 0.157 e. The largest absolute Gasteiger partial charge is 0.264 e. The topological polar surface area (TPSA) is 61.4 Å². The second kappa shape index (κ2) is 7.72. The van der Waals surface area contributed by atoms with Crippen molar-refractivity contribution in [2.24, 2.45) is 5.92 Å². The maximum absolute atomic E-state index is 13.5. The van der Waals surface area contributed by atoms with Gasteiger partial charge in [-0.25, -0.2) is 19.0 Å². The van der Waals surface area contributed by atoms with Crippen molar-refractivity contribution in [2.75, 3.05) is 0 Å². The fourth-order valence-corrected chi connectivity index (χ4v) is 4.05. The third-order valence-corrected chi connectivity index (χ3v) is 5.82. The van der Waals surface area contributed by atoms with Crippen LogP contribution in [0.25, 0.3) is 17.1 Å². The van der Waals surface area contributed by atoms with Crippen molar-refractivity contribution in [1.82, 2.24) is 29.5 Å². The Morgan fingerprint density at radius 2 is 1.77 bits per heavy atom. The van der Waals surface area contributed by atoms with Gasteiger partial charge in [-0.15, -0.1) is 0 Å². The summed E-state index contributed by atoms with van der Waals surface area (Å²) in [4.78, 5) is 8.89. The quantitative estimate of drug-likeness (QED) is 0.461. The van der Waals surface area contributed by atoms with Gasteiger partial charge in [0.05, 0.1) is 22.8 Å². The molecule has 0 atom stereocenters. The molecule has 0 amide bonds. The van der Waals surface area contributed by atoms with Crippen LogP contribution in [0, 0.1) is 32.5 Å². The number of rotatable bonds is 6. The Hall–Kier alpha value is -3.35. The minimum atomic E-state index is -0.229. The summed E-state index contributed by atoms with van der Waals surface area (Å²) in [7, 11) is 0. The van der Waals surface area contributed by atoms with Gasteiger partial charge in [0.2, 0.25) is 0 Å². The van der Waals surface area contributed by atoms with Crippen molar-refractivity contribution >= 4 is 0 Å². The van der Waals surface area contributed by atoms with E-state index in [-0.39, 0.29) is 5.82 Å². The van der Waals surface area contributed by atoms with Gasteiger partial charge >= 0.3 is 0 Å². The van der Waals surface area contributed by atoms with E-state index in [0.717, 1.165) is 52.0 Å². The van der Waals surface area contributed by atoms with Crippen LogP contribution in [0.15, 0.2) is 42.7 Å². The molecule has 1 aliphatic carbocycles. The van der Waals surface area contributed by atoms with Gasteiger partial charge in [-0.05, 0) is 75.4 Å². The van der Waals surface area contributed by atoms with E-state index in [9.17, 15) is 4.39 Å². The average molecular weight is 417 g/mol. The van der Waals surface area contributed by atoms with E-state index in [1.54, 1.807) is 6.33 Å². The number of halogens is 1. The van der Waals surface area contributed by atoms with E-state index in [1.807, 2.05) is 42.8 Å². The van der Waals surface area contributed by atoms with Gasteiger partial charge < -0.3 is 0 Å². The van der Waals surface area contributed by atoms with Crippen molar-refractivity contribution in [3.63, 3.8) is 0 Å². The Morgan fingerprint density at radius 3 is 2.45 bits per heavy atom. The first kappa shape index (κ1) is 19.6. The molecule has 1 saturated carbocycles. The van der Waals surface area contributed by atoms with Crippen LogP contribution >= 0.6 is 0 Å². The third kappa shape index (κ3) is 4.00. The molecule has 4 aromatic rings. The molecule has 5 rings (SSSR count).